The van der Waals surface area contributed by atoms with E-state index in [1.54, 1.807) is 0 Å². The highest BCUT2D eigenvalue weighted by atomic mass is 32.1. The minimum Gasteiger partial charge on any atom is -0.493 e. The van der Waals surface area contributed by atoms with E-state index in [0.29, 0.717) is 25.0 Å². The molecule has 6 heteroatoms. The lowest BCUT2D eigenvalue weighted by Gasteiger charge is -2.08. The fraction of sp³-hybridized carbons (Fsp3) is 0.375. The van der Waals surface area contributed by atoms with Crippen molar-refractivity contribution in [2.45, 2.75) is 13.3 Å². The number of nitrogens with zero attached hydrogens (tertiary/aromatic N) is 1. The number of ether oxygens (including phenoxy) is 2. The molecule has 1 aliphatic heterocycles. The maximum absolute atomic E-state index is 12.1. The molecule has 1 unspecified atom stereocenters. The number of nitrogens with one attached hydrogen (secondary N) is 1. The average Bonchev–Trinajstić information content (AvgIpc) is 3.19. The van der Waals surface area contributed by atoms with Gasteiger partial charge in [-0.2, -0.15) is 0 Å². The number of aromatic nitrogens is 1. The first-order valence-electron chi connectivity index (χ1n) is 7.34. The van der Waals surface area contributed by atoms with Crippen molar-refractivity contribution in [2.75, 3.05) is 25.1 Å². The predicted octanol–water partition coefficient (Wildman–Crippen LogP) is 3.18. The van der Waals surface area contributed by atoms with Crippen molar-refractivity contribution in [3.05, 3.63) is 29.6 Å². The fourth-order valence-corrected chi connectivity index (χ4v) is 3.08. The van der Waals surface area contributed by atoms with Gasteiger partial charge in [0.2, 0.25) is 5.91 Å². The SMILES string of the molecule is CCOc1ccccc1-c1csc(NC(=O)C2CCOC2)n1. The molecule has 2 aromatic rings. The van der Waals surface area contributed by atoms with Gasteiger partial charge < -0.3 is 14.8 Å². The number of rotatable bonds is 5. The third-order valence-electron chi connectivity index (χ3n) is 3.50. The molecule has 2 heterocycles. The van der Waals surface area contributed by atoms with Gasteiger partial charge in [0, 0.05) is 17.6 Å². The molecule has 5 nitrogen and oxygen atoms in total. The Bertz CT molecular complexity index is 650. The van der Waals surface area contributed by atoms with E-state index < -0.39 is 0 Å². The van der Waals surface area contributed by atoms with Gasteiger partial charge in [0.15, 0.2) is 5.13 Å². The van der Waals surface area contributed by atoms with Crippen LogP contribution in [0.25, 0.3) is 11.3 Å². The summed E-state index contributed by atoms with van der Waals surface area (Å²) in [7, 11) is 0. The number of hydrogen-bond acceptors (Lipinski definition) is 5. The zero-order chi connectivity index (χ0) is 15.4. The van der Waals surface area contributed by atoms with E-state index in [2.05, 4.69) is 10.3 Å². The van der Waals surface area contributed by atoms with E-state index >= 15 is 0 Å². The quantitative estimate of drug-likeness (QED) is 0.920. The van der Waals surface area contributed by atoms with Crippen molar-refractivity contribution in [3.8, 4) is 17.0 Å². The van der Waals surface area contributed by atoms with Crippen molar-refractivity contribution in [1.29, 1.82) is 0 Å². The lowest BCUT2D eigenvalue weighted by atomic mass is 10.1. The normalized spacial score (nSPS) is 17.4. The monoisotopic (exact) mass is 318 g/mol. The molecule has 0 radical (unpaired) electrons. The molecule has 0 aliphatic carbocycles. The summed E-state index contributed by atoms with van der Waals surface area (Å²) >= 11 is 1.42. The number of anilines is 1. The Kier molecular flexibility index (Phi) is 4.70. The van der Waals surface area contributed by atoms with E-state index in [4.69, 9.17) is 9.47 Å². The number of benzene rings is 1. The number of para-hydroxylation sites is 1. The van der Waals surface area contributed by atoms with Crippen molar-refractivity contribution >= 4 is 22.4 Å². The minimum absolute atomic E-state index is 0.0171. The van der Waals surface area contributed by atoms with Crippen LogP contribution in [0.5, 0.6) is 5.75 Å². The van der Waals surface area contributed by atoms with Gasteiger partial charge in [0.1, 0.15) is 5.75 Å². The van der Waals surface area contributed by atoms with Crippen LogP contribution in [0.4, 0.5) is 5.13 Å². The highest BCUT2D eigenvalue weighted by molar-refractivity contribution is 7.14. The molecule has 0 bridgehead atoms. The van der Waals surface area contributed by atoms with Crippen LogP contribution in [0.1, 0.15) is 13.3 Å². The van der Waals surface area contributed by atoms with Gasteiger partial charge in [-0.1, -0.05) is 12.1 Å². The van der Waals surface area contributed by atoms with E-state index in [1.165, 1.54) is 11.3 Å². The molecule has 1 aliphatic rings. The van der Waals surface area contributed by atoms with Crippen molar-refractivity contribution in [1.82, 2.24) is 4.98 Å². The second-order valence-corrected chi connectivity index (χ2v) is 5.87. The molecule has 1 fully saturated rings. The van der Waals surface area contributed by atoms with Crippen LogP contribution in [0, 0.1) is 5.92 Å². The third kappa shape index (κ3) is 3.28. The minimum atomic E-state index is -0.0666. The topological polar surface area (TPSA) is 60.5 Å². The van der Waals surface area contributed by atoms with Gasteiger partial charge in [-0.25, -0.2) is 4.98 Å². The standard InChI is InChI=1S/C16H18N2O3S/c1-2-21-14-6-4-3-5-12(14)13-10-22-16(17-13)18-15(19)11-7-8-20-9-11/h3-6,10-11H,2,7-9H2,1H3,(H,17,18,19). The fourth-order valence-electron chi connectivity index (χ4n) is 2.36. The lowest BCUT2D eigenvalue weighted by molar-refractivity contribution is -0.119. The molecule has 1 aromatic heterocycles. The number of hydrogen-bond donors (Lipinski definition) is 1. The Balaban J connectivity index is 1.75. The first-order chi connectivity index (χ1) is 10.8. The summed E-state index contributed by atoms with van der Waals surface area (Å²) < 4.78 is 10.9. The number of thiazole rings is 1. The molecule has 22 heavy (non-hydrogen) atoms. The van der Waals surface area contributed by atoms with Crippen LogP contribution in [0.3, 0.4) is 0 Å². The highest BCUT2D eigenvalue weighted by Crippen LogP contribution is 2.32. The summed E-state index contributed by atoms with van der Waals surface area (Å²) in [6.07, 6.45) is 0.775. The zero-order valence-electron chi connectivity index (χ0n) is 12.4. The Morgan fingerprint density at radius 1 is 1.50 bits per heavy atom. The number of amides is 1. The van der Waals surface area contributed by atoms with Crippen LogP contribution in [0.2, 0.25) is 0 Å². The van der Waals surface area contributed by atoms with E-state index in [0.717, 1.165) is 23.4 Å². The summed E-state index contributed by atoms with van der Waals surface area (Å²) in [4.78, 5) is 16.6. The van der Waals surface area contributed by atoms with Crippen LogP contribution in [0.15, 0.2) is 29.6 Å². The molecule has 1 aromatic carbocycles. The van der Waals surface area contributed by atoms with Gasteiger partial charge in [0.25, 0.3) is 0 Å². The second-order valence-electron chi connectivity index (χ2n) is 5.02. The van der Waals surface area contributed by atoms with Gasteiger partial charge in [-0.05, 0) is 25.5 Å². The van der Waals surface area contributed by atoms with Gasteiger partial charge in [-0.15, -0.1) is 11.3 Å². The Morgan fingerprint density at radius 2 is 2.36 bits per heavy atom. The molecular weight excluding hydrogens is 300 g/mol. The molecule has 0 spiro atoms. The Morgan fingerprint density at radius 3 is 3.14 bits per heavy atom. The highest BCUT2D eigenvalue weighted by Gasteiger charge is 2.24. The summed E-state index contributed by atoms with van der Waals surface area (Å²) in [5.74, 6) is 0.719. The molecule has 1 amide bonds. The van der Waals surface area contributed by atoms with Gasteiger partial charge >= 0.3 is 0 Å². The van der Waals surface area contributed by atoms with Crippen LogP contribution >= 0.6 is 11.3 Å². The first kappa shape index (κ1) is 15.0. The number of carbonyl (C=O) groups excluding carboxylic acids is 1. The van der Waals surface area contributed by atoms with Crippen molar-refractivity contribution in [3.63, 3.8) is 0 Å². The molecule has 116 valence electrons. The zero-order valence-corrected chi connectivity index (χ0v) is 13.2. The van der Waals surface area contributed by atoms with E-state index in [9.17, 15) is 4.79 Å². The Labute approximate surface area is 133 Å². The molecule has 1 atom stereocenters. The molecule has 0 saturated carbocycles. The summed E-state index contributed by atoms with van der Waals surface area (Å²) in [6.45, 7) is 3.71. The third-order valence-corrected chi connectivity index (χ3v) is 4.26. The maximum Gasteiger partial charge on any atom is 0.231 e. The second kappa shape index (κ2) is 6.89. The summed E-state index contributed by atoms with van der Waals surface area (Å²) in [6, 6.07) is 7.78. The van der Waals surface area contributed by atoms with Gasteiger partial charge in [0.05, 0.1) is 24.8 Å². The van der Waals surface area contributed by atoms with Crippen molar-refractivity contribution in [2.24, 2.45) is 5.92 Å². The van der Waals surface area contributed by atoms with Crippen LogP contribution < -0.4 is 10.1 Å². The molecular formula is C16H18N2O3S. The van der Waals surface area contributed by atoms with Crippen LogP contribution in [-0.2, 0) is 9.53 Å². The maximum atomic E-state index is 12.1. The Hall–Kier alpha value is -1.92. The smallest absolute Gasteiger partial charge is 0.231 e. The predicted molar refractivity (Wildman–Crippen MR) is 86.3 cm³/mol. The number of carbonyl (C=O) groups is 1. The summed E-state index contributed by atoms with van der Waals surface area (Å²) in [5.41, 5.74) is 1.75. The largest absolute Gasteiger partial charge is 0.493 e. The van der Waals surface area contributed by atoms with E-state index in [-0.39, 0.29) is 11.8 Å². The van der Waals surface area contributed by atoms with Crippen molar-refractivity contribution < 1.29 is 14.3 Å². The average molecular weight is 318 g/mol. The van der Waals surface area contributed by atoms with Crippen LogP contribution in [-0.4, -0.2) is 30.7 Å². The summed E-state index contributed by atoms with van der Waals surface area (Å²) in [5, 5.41) is 5.41. The molecule has 1 saturated heterocycles. The lowest BCUT2D eigenvalue weighted by Crippen LogP contribution is -2.22. The van der Waals surface area contributed by atoms with E-state index in [1.807, 2.05) is 36.6 Å². The first-order valence-corrected chi connectivity index (χ1v) is 8.22. The molecule has 1 N–H and O–H groups in total. The molecule has 3 rings (SSSR count). The van der Waals surface area contributed by atoms with Gasteiger partial charge in [-0.3, -0.25) is 4.79 Å².